The SMILES string of the molecule is Cc1cccc(C2(CNC3CC3)CC(C(C)C)C2)c1. The first kappa shape index (κ1) is 13.2. The highest BCUT2D eigenvalue weighted by Crippen LogP contribution is 2.50. The van der Waals surface area contributed by atoms with Crippen LogP contribution < -0.4 is 5.32 Å². The number of rotatable bonds is 5. The lowest BCUT2D eigenvalue weighted by Gasteiger charge is -2.50. The average Bonchev–Trinajstić information content (AvgIpc) is 3.11. The third kappa shape index (κ3) is 2.72. The lowest BCUT2D eigenvalue weighted by atomic mass is 9.55. The van der Waals surface area contributed by atoms with E-state index in [9.17, 15) is 0 Å². The fourth-order valence-electron chi connectivity index (χ4n) is 3.50. The Balaban J connectivity index is 1.76. The molecule has 0 heterocycles. The smallest absolute Gasteiger partial charge is 0.00834 e. The summed E-state index contributed by atoms with van der Waals surface area (Å²) < 4.78 is 0. The fourth-order valence-corrected chi connectivity index (χ4v) is 3.50. The van der Waals surface area contributed by atoms with Crippen molar-refractivity contribution in [2.75, 3.05) is 6.54 Å². The van der Waals surface area contributed by atoms with E-state index in [1.807, 2.05) is 0 Å². The van der Waals surface area contributed by atoms with Gasteiger partial charge >= 0.3 is 0 Å². The van der Waals surface area contributed by atoms with Gasteiger partial charge in [-0.05, 0) is 50.0 Å². The Hall–Kier alpha value is -0.820. The minimum absolute atomic E-state index is 0.420. The van der Waals surface area contributed by atoms with Gasteiger partial charge in [0.2, 0.25) is 0 Å². The molecule has 0 radical (unpaired) electrons. The third-order valence-electron chi connectivity index (χ3n) is 5.19. The molecule has 0 unspecified atom stereocenters. The quantitative estimate of drug-likeness (QED) is 0.839. The molecular weight excluding hydrogens is 230 g/mol. The predicted octanol–water partition coefficient (Wildman–Crippen LogP) is 4.05. The number of hydrogen-bond acceptors (Lipinski definition) is 1. The van der Waals surface area contributed by atoms with Gasteiger partial charge in [0.1, 0.15) is 0 Å². The van der Waals surface area contributed by atoms with E-state index >= 15 is 0 Å². The van der Waals surface area contributed by atoms with Crippen molar-refractivity contribution in [2.45, 2.75) is 57.9 Å². The van der Waals surface area contributed by atoms with Crippen LogP contribution in [0.4, 0.5) is 0 Å². The molecule has 2 saturated carbocycles. The molecule has 0 atom stereocenters. The fraction of sp³-hybridized carbons (Fsp3) is 0.667. The van der Waals surface area contributed by atoms with E-state index < -0.39 is 0 Å². The first-order chi connectivity index (χ1) is 9.09. The molecule has 2 aliphatic carbocycles. The molecule has 0 aliphatic heterocycles. The highest BCUT2D eigenvalue weighted by molar-refractivity contribution is 5.33. The summed E-state index contributed by atoms with van der Waals surface area (Å²) in [5.74, 6) is 1.75. The summed E-state index contributed by atoms with van der Waals surface area (Å²) in [6, 6.07) is 10.0. The van der Waals surface area contributed by atoms with Crippen molar-refractivity contribution in [3.63, 3.8) is 0 Å². The van der Waals surface area contributed by atoms with Crippen LogP contribution in [0.25, 0.3) is 0 Å². The molecule has 0 aromatic heterocycles. The number of hydrogen-bond donors (Lipinski definition) is 1. The van der Waals surface area contributed by atoms with Crippen LogP contribution >= 0.6 is 0 Å². The molecule has 0 spiro atoms. The van der Waals surface area contributed by atoms with Crippen molar-refractivity contribution in [3.05, 3.63) is 35.4 Å². The molecular formula is C18H27N. The van der Waals surface area contributed by atoms with Crippen LogP contribution in [-0.4, -0.2) is 12.6 Å². The summed E-state index contributed by atoms with van der Waals surface area (Å²) in [5, 5.41) is 3.78. The van der Waals surface area contributed by atoms with Gasteiger partial charge in [0.15, 0.2) is 0 Å². The molecule has 0 saturated heterocycles. The summed E-state index contributed by atoms with van der Waals surface area (Å²) in [6.07, 6.45) is 5.51. The number of nitrogens with one attached hydrogen (secondary N) is 1. The monoisotopic (exact) mass is 257 g/mol. The maximum Gasteiger partial charge on any atom is 0.00834 e. The molecule has 19 heavy (non-hydrogen) atoms. The van der Waals surface area contributed by atoms with E-state index in [4.69, 9.17) is 0 Å². The van der Waals surface area contributed by atoms with Crippen LogP contribution in [0.5, 0.6) is 0 Å². The maximum absolute atomic E-state index is 3.78. The van der Waals surface area contributed by atoms with Crippen LogP contribution in [0, 0.1) is 18.8 Å². The summed E-state index contributed by atoms with van der Waals surface area (Å²) in [6.45, 7) is 8.15. The van der Waals surface area contributed by atoms with Crippen LogP contribution in [-0.2, 0) is 5.41 Å². The minimum Gasteiger partial charge on any atom is -0.313 e. The van der Waals surface area contributed by atoms with Gasteiger partial charge in [-0.2, -0.15) is 0 Å². The zero-order valence-electron chi connectivity index (χ0n) is 12.6. The van der Waals surface area contributed by atoms with Crippen molar-refractivity contribution in [1.82, 2.24) is 5.32 Å². The molecule has 1 heteroatoms. The van der Waals surface area contributed by atoms with E-state index in [2.05, 4.69) is 50.4 Å². The van der Waals surface area contributed by atoms with Crippen molar-refractivity contribution in [1.29, 1.82) is 0 Å². The zero-order chi connectivity index (χ0) is 13.5. The van der Waals surface area contributed by atoms with Crippen LogP contribution in [0.2, 0.25) is 0 Å². The highest BCUT2D eigenvalue weighted by Gasteiger charge is 2.46. The lowest BCUT2D eigenvalue weighted by Crippen LogP contribution is -2.50. The Morgan fingerprint density at radius 1 is 1.26 bits per heavy atom. The first-order valence-electron chi connectivity index (χ1n) is 7.90. The summed E-state index contributed by atoms with van der Waals surface area (Å²) >= 11 is 0. The van der Waals surface area contributed by atoms with Crippen molar-refractivity contribution >= 4 is 0 Å². The second-order valence-electron chi connectivity index (χ2n) is 7.22. The molecule has 2 aliphatic rings. The maximum atomic E-state index is 3.78. The number of benzene rings is 1. The van der Waals surface area contributed by atoms with E-state index in [-0.39, 0.29) is 0 Å². The molecule has 2 fully saturated rings. The van der Waals surface area contributed by atoms with Crippen LogP contribution in [0.1, 0.15) is 50.7 Å². The van der Waals surface area contributed by atoms with E-state index in [0.29, 0.717) is 5.41 Å². The Labute approximate surface area is 117 Å². The van der Waals surface area contributed by atoms with E-state index in [1.165, 1.54) is 37.8 Å². The molecule has 0 amide bonds. The second-order valence-corrected chi connectivity index (χ2v) is 7.22. The highest BCUT2D eigenvalue weighted by atomic mass is 15.0. The largest absolute Gasteiger partial charge is 0.313 e. The minimum atomic E-state index is 0.420. The third-order valence-corrected chi connectivity index (χ3v) is 5.19. The molecule has 1 aromatic carbocycles. The van der Waals surface area contributed by atoms with Gasteiger partial charge in [0, 0.05) is 18.0 Å². The zero-order valence-corrected chi connectivity index (χ0v) is 12.6. The summed E-state index contributed by atoms with van der Waals surface area (Å²) in [5.41, 5.74) is 3.39. The predicted molar refractivity (Wildman–Crippen MR) is 81.4 cm³/mol. The van der Waals surface area contributed by atoms with E-state index in [1.54, 1.807) is 5.56 Å². The van der Waals surface area contributed by atoms with Gasteiger partial charge in [0.25, 0.3) is 0 Å². The molecule has 1 aromatic rings. The lowest BCUT2D eigenvalue weighted by molar-refractivity contribution is 0.0973. The Bertz CT molecular complexity index is 433. The van der Waals surface area contributed by atoms with E-state index in [0.717, 1.165) is 17.9 Å². The molecule has 1 N–H and O–H groups in total. The van der Waals surface area contributed by atoms with Gasteiger partial charge < -0.3 is 5.32 Å². The summed E-state index contributed by atoms with van der Waals surface area (Å²) in [4.78, 5) is 0. The summed E-state index contributed by atoms with van der Waals surface area (Å²) in [7, 11) is 0. The van der Waals surface area contributed by atoms with Gasteiger partial charge in [0.05, 0.1) is 0 Å². The van der Waals surface area contributed by atoms with Gasteiger partial charge in [-0.25, -0.2) is 0 Å². The topological polar surface area (TPSA) is 12.0 Å². The Morgan fingerprint density at radius 3 is 2.58 bits per heavy atom. The Morgan fingerprint density at radius 2 is 2.00 bits per heavy atom. The Kier molecular flexibility index (Phi) is 3.42. The van der Waals surface area contributed by atoms with Crippen molar-refractivity contribution < 1.29 is 0 Å². The molecule has 1 nitrogen and oxygen atoms in total. The standard InChI is InChI=1S/C18H27N/c1-13(2)15-10-18(11-15,12-19-17-7-8-17)16-6-4-5-14(3)9-16/h4-6,9,13,15,17,19H,7-8,10-12H2,1-3H3. The molecule has 0 bridgehead atoms. The molecule has 104 valence electrons. The first-order valence-corrected chi connectivity index (χ1v) is 7.90. The average molecular weight is 257 g/mol. The normalized spacial score (nSPS) is 30.4. The van der Waals surface area contributed by atoms with Gasteiger partial charge in [-0.3, -0.25) is 0 Å². The van der Waals surface area contributed by atoms with Gasteiger partial charge in [-0.15, -0.1) is 0 Å². The number of aryl methyl sites for hydroxylation is 1. The van der Waals surface area contributed by atoms with Crippen LogP contribution in [0.15, 0.2) is 24.3 Å². The van der Waals surface area contributed by atoms with Crippen LogP contribution in [0.3, 0.4) is 0 Å². The van der Waals surface area contributed by atoms with Gasteiger partial charge in [-0.1, -0.05) is 43.7 Å². The van der Waals surface area contributed by atoms with Crippen molar-refractivity contribution in [2.24, 2.45) is 11.8 Å². The second kappa shape index (κ2) is 4.94. The molecule has 3 rings (SSSR count). The van der Waals surface area contributed by atoms with Crippen molar-refractivity contribution in [3.8, 4) is 0 Å².